The third-order valence-electron chi connectivity index (χ3n) is 19.2. The van der Waals surface area contributed by atoms with Crippen molar-refractivity contribution >= 4 is 34.6 Å². The molecule has 0 aliphatic heterocycles. The smallest absolute Gasteiger partial charge is 0.494 e. The fourth-order valence-corrected chi connectivity index (χ4v) is 15.5. The van der Waals surface area contributed by atoms with E-state index in [0.717, 1.165) is 115 Å². The molecule has 6 aromatic carbocycles. The molecule has 0 fully saturated rings. The van der Waals surface area contributed by atoms with E-state index in [4.69, 9.17) is 18.9 Å². The number of carbonyl (C=O) groups excluding carboxylic acids is 2. The van der Waals surface area contributed by atoms with Gasteiger partial charge in [0.1, 0.15) is 23.7 Å². The second-order valence-electron chi connectivity index (χ2n) is 27.4. The summed E-state index contributed by atoms with van der Waals surface area (Å²) in [5.74, 6) is 1.49. The molecule has 0 bridgehead atoms. The van der Waals surface area contributed by atoms with E-state index < -0.39 is 0 Å². The number of aryl methyl sites for hydroxylation is 1. The van der Waals surface area contributed by atoms with Crippen molar-refractivity contribution in [3.8, 4) is 64.4 Å². The zero-order chi connectivity index (χ0) is 74.1. The second-order valence-corrected chi connectivity index (χ2v) is 29.6. The summed E-state index contributed by atoms with van der Waals surface area (Å²) in [4.78, 5) is 33.4. The summed E-state index contributed by atoms with van der Waals surface area (Å²) in [6.07, 6.45) is 31.2. The van der Waals surface area contributed by atoms with Gasteiger partial charge in [0, 0.05) is 43.4 Å². The number of nitrogens with zero attached hydrogens (tertiary/aromatic N) is 2. The number of rotatable bonds is 45. The van der Waals surface area contributed by atoms with Crippen LogP contribution in [0.1, 0.15) is 198 Å². The standard InChI is InChI=1S/C46H58NO3S.C31H36O3S.C16H26N.Pt/c1-7-32-46(33-8-2,47(5)6)40-20-18-19-39(35-40)36-22-24-37(25-23-36)43-30-31-44(51-43)38-26-28-42(29-27-38)49-34-17-15-13-11-12-14-16-21-45(48)50-41(9-3)10-4;1-3-27(4-2)34-31(32)17-13-8-6-5-7-9-14-24-33-28-20-18-26(19-21-28)30-23-22-29(35-30)25-15-11-10-12-16-25;1-6-11-16(12-7-2,17(4)5)15-10-8-9-14(3)13-15;/h9-10,18-19,22-31,35,41H,3-4,7-8,11-17,21,32-34H2,1-2,5-6H3;3-4,10-12,15-16,18-23,27H,1-2,5-9,13-14,17,24H2;8-9,13H,6-7,11-12H2,1-5H3;/q-1;;-1;+2. The maximum atomic E-state index is 11.8. The maximum Gasteiger partial charge on any atom is 2.00 e. The predicted molar refractivity (Wildman–Crippen MR) is 440 cm³/mol. The van der Waals surface area contributed by atoms with E-state index in [9.17, 15) is 9.59 Å². The Morgan fingerprint density at radius 2 is 0.740 bits per heavy atom. The van der Waals surface area contributed by atoms with E-state index in [1.165, 1.54) is 121 Å². The van der Waals surface area contributed by atoms with Crippen LogP contribution in [0.3, 0.4) is 0 Å². The van der Waals surface area contributed by atoms with Gasteiger partial charge in [-0.1, -0.05) is 205 Å². The van der Waals surface area contributed by atoms with Gasteiger partial charge in [0.15, 0.2) is 0 Å². The molecular weight excluding hydrogens is 1500 g/mol. The van der Waals surface area contributed by atoms with E-state index in [1.54, 1.807) is 24.3 Å². The van der Waals surface area contributed by atoms with Gasteiger partial charge in [0.25, 0.3) is 0 Å². The summed E-state index contributed by atoms with van der Waals surface area (Å²) >= 11 is 3.64. The molecule has 0 amide bonds. The number of esters is 2. The first kappa shape index (κ1) is 87.5. The van der Waals surface area contributed by atoms with Gasteiger partial charge >= 0.3 is 33.0 Å². The van der Waals surface area contributed by atoms with Crippen LogP contribution in [0.25, 0.3) is 52.9 Å². The molecule has 0 aliphatic carbocycles. The number of unbranched alkanes of at least 4 members (excludes halogenated alkanes) is 12. The third kappa shape index (κ3) is 28.6. The number of carbonyl (C=O) groups is 2. The normalized spacial score (nSPS) is 11.3. The molecule has 0 N–H and O–H groups in total. The van der Waals surface area contributed by atoms with Crippen molar-refractivity contribution < 1.29 is 49.6 Å². The quantitative estimate of drug-likeness (QED) is 0.0162. The van der Waals surface area contributed by atoms with Gasteiger partial charge in [0.05, 0.1) is 13.2 Å². The Labute approximate surface area is 650 Å². The molecule has 8 rings (SSSR count). The molecule has 0 saturated carbocycles. The van der Waals surface area contributed by atoms with Gasteiger partial charge in [-0.15, -0.1) is 39.4 Å². The Balaban J connectivity index is 0.000000315. The molecule has 0 unspecified atom stereocenters. The molecular formula is C93H120N2O6PtS2. The van der Waals surface area contributed by atoms with E-state index in [0.29, 0.717) is 12.8 Å². The van der Waals surface area contributed by atoms with Gasteiger partial charge in [-0.05, 0) is 204 Å². The number of ether oxygens (including phenoxy) is 4. The predicted octanol–water partition coefficient (Wildman–Crippen LogP) is 25.7. The third-order valence-corrected chi connectivity index (χ3v) is 21.6. The van der Waals surface area contributed by atoms with E-state index in [-0.39, 0.29) is 56.3 Å². The molecule has 2 heterocycles. The van der Waals surface area contributed by atoms with Gasteiger partial charge in [0.2, 0.25) is 0 Å². The van der Waals surface area contributed by atoms with E-state index in [1.807, 2.05) is 28.7 Å². The van der Waals surface area contributed by atoms with Crippen LogP contribution in [-0.4, -0.2) is 75.4 Å². The summed E-state index contributed by atoms with van der Waals surface area (Å²) in [5.41, 5.74) is 11.6. The summed E-state index contributed by atoms with van der Waals surface area (Å²) in [5, 5.41) is 0. The van der Waals surface area contributed by atoms with Crippen molar-refractivity contribution in [1.82, 2.24) is 9.80 Å². The van der Waals surface area contributed by atoms with Crippen molar-refractivity contribution in [3.63, 3.8) is 0 Å². The molecule has 0 saturated heterocycles. The average Bonchev–Trinajstić information content (AvgIpc) is 1.06. The van der Waals surface area contributed by atoms with Crippen LogP contribution in [0.15, 0.2) is 214 Å². The molecule has 0 spiro atoms. The molecule has 560 valence electrons. The van der Waals surface area contributed by atoms with Gasteiger partial charge in [-0.25, -0.2) is 0 Å². The van der Waals surface area contributed by atoms with Crippen molar-refractivity contribution in [1.29, 1.82) is 0 Å². The fraction of sp³-hybridized carbons (Fsp3) is 0.419. The second kappa shape index (κ2) is 48.8. The van der Waals surface area contributed by atoms with Gasteiger partial charge < -0.3 is 28.7 Å². The van der Waals surface area contributed by atoms with Crippen molar-refractivity contribution in [2.24, 2.45) is 0 Å². The first-order chi connectivity index (χ1) is 50.1. The summed E-state index contributed by atoms with van der Waals surface area (Å²) in [6.45, 7) is 27.3. The summed E-state index contributed by atoms with van der Waals surface area (Å²) in [6, 6.07) is 65.4. The maximum absolute atomic E-state index is 11.8. The average molecular weight is 1620 g/mol. The van der Waals surface area contributed by atoms with Crippen molar-refractivity contribution in [2.45, 2.75) is 212 Å². The SMILES string of the molecule is C=CC(C=C)OC(=O)CCCCCCCCCOc1ccc(-c2ccc(-c3ccc(-c4cc[c-]c(C(CCC)(CCC)N(C)C)c4)cc3)s2)cc1.C=CC(C=C)OC(=O)CCCCCCCCCOc1ccc(-c2ccc(-c3ccccc3)s2)cc1.CCCC(CCC)(c1[c-]ccc(C)c1)N(C)C.[Pt+2]. The minimum absolute atomic E-state index is 0. The first-order valence-corrected chi connectivity index (χ1v) is 39.8. The van der Waals surface area contributed by atoms with Crippen LogP contribution >= 0.6 is 22.7 Å². The fourth-order valence-electron chi connectivity index (χ4n) is 13.4. The number of thiophene rings is 2. The summed E-state index contributed by atoms with van der Waals surface area (Å²) < 4.78 is 22.4. The molecule has 0 aliphatic rings. The van der Waals surface area contributed by atoms with Crippen LogP contribution in [-0.2, 0) is 51.2 Å². The minimum atomic E-state index is -0.387. The van der Waals surface area contributed by atoms with Crippen LogP contribution in [0.4, 0.5) is 0 Å². The molecule has 0 atom stereocenters. The number of hydrogen-bond donors (Lipinski definition) is 0. The number of hydrogen-bond acceptors (Lipinski definition) is 10. The van der Waals surface area contributed by atoms with Gasteiger partial charge in [-0.2, -0.15) is 54.1 Å². The monoisotopic (exact) mass is 1620 g/mol. The van der Waals surface area contributed by atoms with Crippen LogP contribution in [0.5, 0.6) is 11.5 Å². The number of benzene rings is 6. The van der Waals surface area contributed by atoms with Crippen LogP contribution < -0.4 is 9.47 Å². The van der Waals surface area contributed by atoms with E-state index in [2.05, 4.69) is 269 Å². The molecule has 2 aromatic heterocycles. The van der Waals surface area contributed by atoms with Crippen molar-refractivity contribution in [3.05, 3.63) is 243 Å². The van der Waals surface area contributed by atoms with Crippen LogP contribution in [0, 0.1) is 19.1 Å². The molecule has 104 heavy (non-hydrogen) atoms. The molecule has 0 radical (unpaired) electrons. The Kier molecular flexibility index (Phi) is 41.1. The Bertz CT molecular complexity index is 3690. The zero-order valence-corrected chi connectivity index (χ0v) is 68.1. The van der Waals surface area contributed by atoms with E-state index >= 15 is 0 Å². The molecule has 8 aromatic rings. The minimum Gasteiger partial charge on any atom is -0.494 e. The Morgan fingerprint density at radius 1 is 0.413 bits per heavy atom. The zero-order valence-electron chi connectivity index (χ0n) is 64.2. The van der Waals surface area contributed by atoms with Crippen LogP contribution in [0.2, 0.25) is 0 Å². The topological polar surface area (TPSA) is 77.5 Å². The largest absolute Gasteiger partial charge is 2.00 e. The van der Waals surface area contributed by atoms with Crippen molar-refractivity contribution in [2.75, 3.05) is 41.4 Å². The molecule has 11 heteroatoms. The Hall–Kier alpha value is -7.17. The molecule has 8 nitrogen and oxygen atoms in total. The van der Waals surface area contributed by atoms with Gasteiger partial charge in [-0.3, -0.25) is 9.59 Å². The first-order valence-electron chi connectivity index (χ1n) is 38.2. The summed E-state index contributed by atoms with van der Waals surface area (Å²) in [7, 11) is 8.81. The Morgan fingerprint density at radius 3 is 1.10 bits per heavy atom.